The molecule has 0 saturated heterocycles. The predicted octanol–water partition coefficient (Wildman–Crippen LogP) is 6.81. The van der Waals surface area contributed by atoms with E-state index < -0.39 is 40.7 Å². The Morgan fingerprint density at radius 1 is 0.784 bits per heavy atom. The summed E-state index contributed by atoms with van der Waals surface area (Å²) >= 11 is 0. The minimum absolute atomic E-state index is 0.0472. The number of hydrogen-bond acceptors (Lipinski definition) is 3. The highest BCUT2D eigenvalue weighted by Crippen LogP contribution is 2.33. The summed E-state index contributed by atoms with van der Waals surface area (Å²) in [5.41, 5.74) is -0.995. The van der Waals surface area contributed by atoms with Crippen LogP contribution < -0.4 is 4.74 Å². The van der Waals surface area contributed by atoms with Gasteiger partial charge in [-0.3, -0.25) is 0 Å². The molecule has 0 radical (unpaired) electrons. The third kappa shape index (κ3) is 6.99. The Labute approximate surface area is 218 Å². The molecule has 0 saturated carbocycles. The molecule has 0 amide bonds. The molecule has 0 aliphatic rings. The summed E-state index contributed by atoms with van der Waals surface area (Å²) in [6, 6.07) is 30.6. The predicted molar refractivity (Wildman–Crippen MR) is 140 cm³/mol. The Bertz CT molecular complexity index is 1390. The molecular formula is C31H25F2O3S+. The van der Waals surface area contributed by atoms with Crippen LogP contribution in [0.2, 0.25) is 0 Å². The molecule has 0 fully saturated rings. The summed E-state index contributed by atoms with van der Waals surface area (Å²) in [7, 11) is -0.498. The van der Waals surface area contributed by atoms with Crippen molar-refractivity contribution in [2.24, 2.45) is 0 Å². The molecule has 0 unspecified atom stereocenters. The highest BCUT2D eigenvalue weighted by molar-refractivity contribution is 7.97. The van der Waals surface area contributed by atoms with E-state index in [9.17, 15) is 13.6 Å². The van der Waals surface area contributed by atoms with Crippen molar-refractivity contribution in [2.75, 3.05) is 6.61 Å². The minimum Gasteiger partial charge on any atom is -0.479 e. The maximum atomic E-state index is 14.6. The fraction of sp³-hybridized carbons (Fsp3) is 0.129. The second-order valence-electron chi connectivity index (χ2n) is 8.53. The molecule has 4 aromatic carbocycles. The van der Waals surface area contributed by atoms with Crippen molar-refractivity contribution in [3.63, 3.8) is 0 Å². The molecule has 0 bridgehead atoms. The van der Waals surface area contributed by atoms with E-state index in [1.807, 2.05) is 60.7 Å². The van der Waals surface area contributed by atoms with Gasteiger partial charge >= 0.3 is 5.97 Å². The summed E-state index contributed by atoms with van der Waals surface area (Å²) in [5, 5.41) is 0. The van der Waals surface area contributed by atoms with Crippen molar-refractivity contribution in [3.8, 4) is 17.6 Å². The van der Waals surface area contributed by atoms with E-state index in [0.29, 0.717) is 0 Å². The number of ether oxygens (including phenoxy) is 2. The lowest BCUT2D eigenvalue weighted by molar-refractivity contribution is -0.154. The van der Waals surface area contributed by atoms with E-state index >= 15 is 0 Å². The molecule has 6 heteroatoms. The van der Waals surface area contributed by atoms with Crippen LogP contribution in [0, 0.1) is 23.5 Å². The number of rotatable bonds is 7. The van der Waals surface area contributed by atoms with Gasteiger partial charge in [-0.25, -0.2) is 13.6 Å². The molecule has 0 aromatic heterocycles. The van der Waals surface area contributed by atoms with Gasteiger partial charge in [0.2, 0.25) is 0 Å². The first-order chi connectivity index (χ1) is 17.8. The van der Waals surface area contributed by atoms with Crippen LogP contribution in [0.1, 0.15) is 19.4 Å². The van der Waals surface area contributed by atoms with Gasteiger partial charge in [0, 0.05) is 6.07 Å². The van der Waals surface area contributed by atoms with Crippen molar-refractivity contribution in [3.05, 3.63) is 120 Å². The lowest BCUT2D eigenvalue weighted by Crippen LogP contribution is -2.29. The average Bonchev–Trinajstić information content (AvgIpc) is 2.89. The van der Waals surface area contributed by atoms with Crippen LogP contribution in [-0.2, 0) is 20.4 Å². The topological polar surface area (TPSA) is 35.5 Å². The number of esters is 1. The molecule has 0 spiro atoms. The molecule has 4 rings (SSSR count). The van der Waals surface area contributed by atoms with Crippen molar-refractivity contribution in [1.29, 1.82) is 0 Å². The zero-order chi connectivity index (χ0) is 26.3. The molecule has 0 aliphatic heterocycles. The summed E-state index contributed by atoms with van der Waals surface area (Å²) < 4.78 is 39.4. The minimum atomic E-state index is -1.20. The zero-order valence-electron chi connectivity index (χ0n) is 20.4. The van der Waals surface area contributed by atoms with Gasteiger partial charge in [-0.05, 0) is 62.4 Å². The van der Waals surface area contributed by atoms with Crippen molar-refractivity contribution in [2.45, 2.75) is 34.1 Å². The van der Waals surface area contributed by atoms with Crippen LogP contribution in [0.3, 0.4) is 0 Å². The van der Waals surface area contributed by atoms with E-state index in [-0.39, 0.29) is 11.3 Å². The Morgan fingerprint density at radius 2 is 1.38 bits per heavy atom. The average molecular weight is 516 g/mol. The standard InChI is InChI=1S/C31H25F2O3S/c1-31(2,20-19-23-11-9-10-16-27(23)32)36-30(34)22-35-29-21-26(17-18-28(29)33)37(24-12-5-3-6-13-24)25-14-7-4-8-15-25/h3-18,21H,22H2,1-2H3/q+1. The van der Waals surface area contributed by atoms with Gasteiger partial charge in [0.1, 0.15) is 5.82 Å². The summed E-state index contributed by atoms with van der Waals surface area (Å²) in [6.45, 7) is 2.67. The SMILES string of the molecule is CC(C)(C#Cc1ccccc1F)OC(=O)COc1cc([S+](c2ccccc2)c2ccccc2)ccc1F. The molecule has 186 valence electrons. The van der Waals surface area contributed by atoms with E-state index in [1.165, 1.54) is 18.2 Å². The van der Waals surface area contributed by atoms with Crippen molar-refractivity contribution in [1.82, 2.24) is 0 Å². The summed E-state index contributed by atoms with van der Waals surface area (Å²) in [4.78, 5) is 15.5. The van der Waals surface area contributed by atoms with E-state index in [1.54, 1.807) is 38.1 Å². The Balaban J connectivity index is 1.49. The maximum Gasteiger partial charge on any atom is 0.345 e. The Hall–Kier alpha value is -4.08. The second-order valence-corrected chi connectivity index (χ2v) is 10.6. The van der Waals surface area contributed by atoms with Crippen LogP contribution in [0.15, 0.2) is 118 Å². The lowest BCUT2D eigenvalue weighted by Gasteiger charge is -2.19. The Morgan fingerprint density at radius 3 is 2.00 bits per heavy atom. The van der Waals surface area contributed by atoms with Gasteiger partial charge < -0.3 is 9.47 Å². The largest absolute Gasteiger partial charge is 0.479 e. The number of halogens is 2. The third-order valence-corrected chi connectivity index (χ3v) is 7.40. The molecule has 0 N–H and O–H groups in total. The first kappa shape index (κ1) is 26.0. The monoisotopic (exact) mass is 515 g/mol. The van der Waals surface area contributed by atoms with Crippen LogP contribution in [-0.4, -0.2) is 18.2 Å². The normalized spacial score (nSPS) is 10.9. The number of carbonyl (C=O) groups is 1. The van der Waals surface area contributed by atoms with Crippen molar-refractivity contribution >= 4 is 16.9 Å². The van der Waals surface area contributed by atoms with Gasteiger partial charge in [-0.1, -0.05) is 60.4 Å². The lowest BCUT2D eigenvalue weighted by atomic mass is 10.1. The summed E-state index contributed by atoms with van der Waals surface area (Å²) in [5.74, 6) is 3.64. The number of carbonyl (C=O) groups excluding carboxylic acids is 1. The van der Waals surface area contributed by atoms with Gasteiger partial charge in [-0.2, -0.15) is 0 Å². The number of hydrogen-bond donors (Lipinski definition) is 0. The van der Waals surface area contributed by atoms with Gasteiger partial charge in [0.05, 0.1) is 16.5 Å². The maximum absolute atomic E-state index is 14.6. The Kier molecular flexibility index (Phi) is 8.27. The molecule has 37 heavy (non-hydrogen) atoms. The third-order valence-electron chi connectivity index (χ3n) is 5.18. The zero-order valence-corrected chi connectivity index (χ0v) is 21.2. The first-order valence-electron chi connectivity index (χ1n) is 11.6. The molecular weight excluding hydrogens is 490 g/mol. The van der Waals surface area contributed by atoms with Crippen LogP contribution in [0.4, 0.5) is 8.78 Å². The van der Waals surface area contributed by atoms with Crippen LogP contribution >= 0.6 is 0 Å². The van der Waals surface area contributed by atoms with Gasteiger partial charge in [-0.15, -0.1) is 0 Å². The fourth-order valence-electron chi connectivity index (χ4n) is 3.50. The van der Waals surface area contributed by atoms with E-state index in [2.05, 4.69) is 11.8 Å². The van der Waals surface area contributed by atoms with E-state index in [4.69, 9.17) is 9.47 Å². The highest BCUT2D eigenvalue weighted by Gasteiger charge is 2.30. The molecule has 4 aromatic rings. The van der Waals surface area contributed by atoms with E-state index in [0.717, 1.165) is 14.7 Å². The number of benzene rings is 4. The molecule has 0 atom stereocenters. The molecule has 0 aliphatic carbocycles. The van der Waals surface area contributed by atoms with Crippen LogP contribution in [0.25, 0.3) is 0 Å². The summed E-state index contributed by atoms with van der Waals surface area (Å²) in [6.07, 6.45) is 0. The smallest absolute Gasteiger partial charge is 0.345 e. The highest BCUT2D eigenvalue weighted by atomic mass is 32.2. The molecule has 3 nitrogen and oxygen atoms in total. The first-order valence-corrected chi connectivity index (χ1v) is 12.8. The van der Waals surface area contributed by atoms with Gasteiger partial charge in [0.25, 0.3) is 0 Å². The quantitative estimate of drug-likeness (QED) is 0.154. The van der Waals surface area contributed by atoms with Crippen molar-refractivity contribution < 1.29 is 23.0 Å². The fourth-order valence-corrected chi connectivity index (χ4v) is 5.60. The second kappa shape index (κ2) is 11.8. The molecule has 0 heterocycles. The van der Waals surface area contributed by atoms with Crippen LogP contribution in [0.5, 0.6) is 5.75 Å². The van der Waals surface area contributed by atoms with Gasteiger partial charge in [0.15, 0.2) is 38.5 Å².